The summed E-state index contributed by atoms with van der Waals surface area (Å²) in [5.41, 5.74) is 2.84. The highest BCUT2D eigenvalue weighted by molar-refractivity contribution is 5.02. The largest absolute Gasteiger partial charge is 0.377 e. The molecule has 0 aliphatic carbocycles. The molecule has 1 nitrogen and oxygen atoms in total. The number of hydrogen-bond donors (Lipinski definition) is 0. The van der Waals surface area contributed by atoms with Crippen LogP contribution in [0.2, 0.25) is 0 Å². The molecule has 0 amide bonds. The van der Waals surface area contributed by atoms with Gasteiger partial charge in [-0.1, -0.05) is 37.1 Å². The Labute approximate surface area is 102 Å². The summed E-state index contributed by atoms with van der Waals surface area (Å²) in [7, 11) is 0. The first-order valence-corrected chi connectivity index (χ1v) is 6.39. The van der Waals surface area contributed by atoms with Gasteiger partial charge in [0.2, 0.25) is 0 Å². The van der Waals surface area contributed by atoms with Crippen LogP contribution in [0.3, 0.4) is 0 Å². The van der Waals surface area contributed by atoms with E-state index < -0.39 is 0 Å². The third kappa shape index (κ3) is 11.5. The van der Waals surface area contributed by atoms with Crippen LogP contribution in [0.4, 0.5) is 0 Å². The zero-order valence-electron chi connectivity index (χ0n) is 11.7. The molecule has 0 rings (SSSR count). The van der Waals surface area contributed by atoms with E-state index >= 15 is 0 Å². The first-order chi connectivity index (χ1) is 7.52. The van der Waals surface area contributed by atoms with E-state index in [0.29, 0.717) is 0 Å². The topological polar surface area (TPSA) is 9.23 Å². The van der Waals surface area contributed by atoms with Gasteiger partial charge in [-0.25, -0.2) is 0 Å². The number of ether oxygens (including phenoxy) is 1. The Balaban J connectivity index is 3.51. The summed E-state index contributed by atoms with van der Waals surface area (Å²) in [6, 6.07) is 0. The lowest BCUT2D eigenvalue weighted by Gasteiger charge is -2.04. The second kappa shape index (κ2) is 9.65. The van der Waals surface area contributed by atoms with Crippen molar-refractivity contribution < 1.29 is 4.74 Å². The van der Waals surface area contributed by atoms with Crippen molar-refractivity contribution in [1.29, 1.82) is 0 Å². The van der Waals surface area contributed by atoms with Crippen molar-refractivity contribution in [2.75, 3.05) is 13.2 Å². The zero-order valence-corrected chi connectivity index (χ0v) is 11.7. The Morgan fingerprint density at radius 3 is 2.38 bits per heavy atom. The van der Waals surface area contributed by atoms with Gasteiger partial charge in [-0.2, -0.15) is 0 Å². The van der Waals surface area contributed by atoms with Crippen LogP contribution in [-0.2, 0) is 4.74 Å². The van der Waals surface area contributed by atoms with Gasteiger partial charge in [0.05, 0.1) is 6.61 Å². The van der Waals surface area contributed by atoms with E-state index in [1.54, 1.807) is 0 Å². The second-order valence-electron chi connectivity index (χ2n) is 5.13. The first kappa shape index (κ1) is 15.4. The maximum absolute atomic E-state index is 5.55. The maximum atomic E-state index is 5.55. The molecule has 0 aromatic heterocycles. The third-order valence-corrected chi connectivity index (χ3v) is 2.48. The van der Waals surface area contributed by atoms with Crippen molar-refractivity contribution in [2.24, 2.45) is 5.92 Å². The van der Waals surface area contributed by atoms with Crippen molar-refractivity contribution in [3.05, 3.63) is 23.3 Å². The molecule has 0 bridgehead atoms. The van der Waals surface area contributed by atoms with E-state index in [2.05, 4.69) is 46.8 Å². The van der Waals surface area contributed by atoms with Crippen molar-refractivity contribution in [3.63, 3.8) is 0 Å². The van der Waals surface area contributed by atoms with Crippen LogP contribution < -0.4 is 0 Å². The summed E-state index contributed by atoms with van der Waals surface area (Å²) in [4.78, 5) is 0. The molecule has 0 aliphatic heterocycles. The van der Waals surface area contributed by atoms with Crippen molar-refractivity contribution in [3.8, 4) is 0 Å². The SMILES string of the molecule is CC(C)=CCC/C(C)=C/COCCC(C)C. The zero-order chi connectivity index (χ0) is 12.4. The highest BCUT2D eigenvalue weighted by atomic mass is 16.5. The molecule has 0 atom stereocenters. The quantitative estimate of drug-likeness (QED) is 0.427. The van der Waals surface area contributed by atoms with Gasteiger partial charge in [-0.05, 0) is 46.0 Å². The van der Waals surface area contributed by atoms with E-state index in [9.17, 15) is 0 Å². The number of allylic oxidation sites excluding steroid dienone is 3. The van der Waals surface area contributed by atoms with Gasteiger partial charge in [0, 0.05) is 6.61 Å². The molecule has 0 aliphatic rings. The van der Waals surface area contributed by atoms with Gasteiger partial charge >= 0.3 is 0 Å². The van der Waals surface area contributed by atoms with Crippen molar-refractivity contribution >= 4 is 0 Å². The molecule has 0 aromatic rings. The molecule has 0 aromatic carbocycles. The lowest BCUT2D eigenvalue weighted by atomic mass is 10.1. The van der Waals surface area contributed by atoms with E-state index in [-0.39, 0.29) is 0 Å². The monoisotopic (exact) mass is 224 g/mol. The van der Waals surface area contributed by atoms with Crippen LogP contribution in [0.5, 0.6) is 0 Å². The molecule has 0 radical (unpaired) electrons. The van der Waals surface area contributed by atoms with Gasteiger partial charge in [-0.15, -0.1) is 0 Å². The van der Waals surface area contributed by atoms with E-state index in [1.807, 2.05) is 0 Å². The Kier molecular flexibility index (Phi) is 9.31. The predicted octanol–water partition coefficient (Wildman–Crippen LogP) is 4.74. The maximum Gasteiger partial charge on any atom is 0.0649 e. The first-order valence-electron chi connectivity index (χ1n) is 6.39. The van der Waals surface area contributed by atoms with Gasteiger partial charge in [0.25, 0.3) is 0 Å². The minimum atomic E-state index is 0.739. The Morgan fingerprint density at radius 2 is 1.81 bits per heavy atom. The number of rotatable bonds is 8. The second-order valence-corrected chi connectivity index (χ2v) is 5.13. The highest BCUT2D eigenvalue weighted by Crippen LogP contribution is 2.06. The molecule has 0 N–H and O–H groups in total. The molecular formula is C15H28O. The molecule has 1 heteroatoms. The molecule has 0 heterocycles. The predicted molar refractivity (Wildman–Crippen MR) is 72.7 cm³/mol. The Hall–Kier alpha value is -0.560. The highest BCUT2D eigenvalue weighted by Gasteiger charge is 1.93. The van der Waals surface area contributed by atoms with Crippen LogP contribution in [-0.4, -0.2) is 13.2 Å². The summed E-state index contributed by atoms with van der Waals surface area (Å²) in [5.74, 6) is 0.739. The molecular weight excluding hydrogens is 196 g/mol. The van der Waals surface area contributed by atoms with Gasteiger partial charge in [0.1, 0.15) is 0 Å². The van der Waals surface area contributed by atoms with Crippen LogP contribution >= 0.6 is 0 Å². The van der Waals surface area contributed by atoms with Gasteiger partial charge in [0.15, 0.2) is 0 Å². The minimum Gasteiger partial charge on any atom is -0.377 e. The third-order valence-electron chi connectivity index (χ3n) is 2.48. The average Bonchev–Trinajstić information content (AvgIpc) is 2.16. The fraction of sp³-hybridized carbons (Fsp3) is 0.733. The molecule has 0 spiro atoms. The average molecular weight is 224 g/mol. The van der Waals surface area contributed by atoms with Crippen molar-refractivity contribution in [2.45, 2.75) is 53.9 Å². The van der Waals surface area contributed by atoms with Crippen LogP contribution in [0.25, 0.3) is 0 Å². The van der Waals surface area contributed by atoms with Gasteiger partial charge < -0.3 is 4.74 Å². The summed E-state index contributed by atoms with van der Waals surface area (Å²) in [6.07, 6.45) is 7.95. The summed E-state index contributed by atoms with van der Waals surface area (Å²) >= 11 is 0. The summed E-state index contributed by atoms with van der Waals surface area (Å²) in [6.45, 7) is 12.6. The lowest BCUT2D eigenvalue weighted by Crippen LogP contribution is -1.99. The molecule has 0 saturated carbocycles. The minimum absolute atomic E-state index is 0.739. The molecule has 16 heavy (non-hydrogen) atoms. The van der Waals surface area contributed by atoms with E-state index in [1.165, 1.54) is 11.1 Å². The fourth-order valence-electron chi connectivity index (χ4n) is 1.29. The normalized spacial score (nSPS) is 12.0. The lowest BCUT2D eigenvalue weighted by molar-refractivity contribution is 0.149. The molecule has 94 valence electrons. The van der Waals surface area contributed by atoms with E-state index in [4.69, 9.17) is 4.74 Å². The number of hydrogen-bond acceptors (Lipinski definition) is 1. The van der Waals surface area contributed by atoms with Gasteiger partial charge in [-0.3, -0.25) is 0 Å². The fourth-order valence-corrected chi connectivity index (χ4v) is 1.29. The Bertz CT molecular complexity index is 220. The van der Waals surface area contributed by atoms with Crippen LogP contribution in [0.1, 0.15) is 53.9 Å². The molecule has 0 unspecified atom stereocenters. The van der Waals surface area contributed by atoms with Crippen LogP contribution in [0.15, 0.2) is 23.3 Å². The van der Waals surface area contributed by atoms with Crippen molar-refractivity contribution in [1.82, 2.24) is 0 Å². The Morgan fingerprint density at radius 1 is 1.12 bits per heavy atom. The molecule has 0 saturated heterocycles. The molecule has 0 fully saturated rings. The van der Waals surface area contributed by atoms with E-state index in [0.717, 1.165) is 38.4 Å². The smallest absolute Gasteiger partial charge is 0.0649 e. The van der Waals surface area contributed by atoms with Crippen LogP contribution in [0, 0.1) is 5.92 Å². The standard InChI is InChI=1S/C15H28O/c1-13(2)7-6-8-15(5)10-12-16-11-9-14(3)4/h7,10,14H,6,8-9,11-12H2,1-5H3/b15-10+. The summed E-state index contributed by atoms with van der Waals surface area (Å²) < 4.78 is 5.55. The summed E-state index contributed by atoms with van der Waals surface area (Å²) in [5, 5.41) is 0.